The molecule has 1 N–H and O–H groups in total. The molecule has 1 amide bonds. The summed E-state index contributed by atoms with van der Waals surface area (Å²) in [7, 11) is 3.81. The predicted octanol–water partition coefficient (Wildman–Crippen LogP) is 1.87. The van der Waals surface area contributed by atoms with Crippen molar-refractivity contribution in [3.8, 4) is 0 Å². The van der Waals surface area contributed by atoms with Crippen molar-refractivity contribution in [2.45, 2.75) is 13.3 Å². The van der Waals surface area contributed by atoms with Gasteiger partial charge in [0.2, 0.25) is 11.9 Å². The van der Waals surface area contributed by atoms with E-state index in [0.717, 1.165) is 24.2 Å². The van der Waals surface area contributed by atoms with Gasteiger partial charge in [0.05, 0.1) is 25.8 Å². The highest BCUT2D eigenvalue weighted by molar-refractivity contribution is 5.94. The van der Waals surface area contributed by atoms with Crippen LogP contribution < -0.4 is 15.1 Å². The summed E-state index contributed by atoms with van der Waals surface area (Å²) < 4.78 is 5.38. The van der Waals surface area contributed by atoms with Gasteiger partial charge < -0.3 is 19.9 Å². The van der Waals surface area contributed by atoms with Gasteiger partial charge in [0.25, 0.3) is 0 Å². The second-order valence-corrected chi connectivity index (χ2v) is 6.62. The highest BCUT2D eigenvalue weighted by Crippen LogP contribution is 2.24. The normalized spacial score (nSPS) is 14.2. The lowest BCUT2D eigenvalue weighted by atomic mass is 10.1. The lowest BCUT2D eigenvalue weighted by molar-refractivity contribution is -0.115. The molecule has 0 atom stereocenters. The van der Waals surface area contributed by atoms with Gasteiger partial charge in [-0.25, -0.2) is 4.98 Å². The van der Waals surface area contributed by atoms with Gasteiger partial charge in [-0.2, -0.15) is 4.98 Å². The third kappa shape index (κ3) is 4.49. The van der Waals surface area contributed by atoms with Gasteiger partial charge in [0.15, 0.2) is 5.82 Å². The quantitative estimate of drug-likeness (QED) is 0.883. The molecule has 0 bridgehead atoms. The molecular weight excluding hydrogens is 330 g/mol. The van der Waals surface area contributed by atoms with Crippen LogP contribution in [0.5, 0.6) is 0 Å². The van der Waals surface area contributed by atoms with Crippen molar-refractivity contribution in [1.82, 2.24) is 9.97 Å². The second kappa shape index (κ2) is 8.14. The maximum Gasteiger partial charge on any atom is 0.228 e. The average molecular weight is 355 g/mol. The van der Waals surface area contributed by atoms with Gasteiger partial charge in [-0.15, -0.1) is 0 Å². The topological polar surface area (TPSA) is 70.6 Å². The molecule has 0 unspecified atom stereocenters. The first-order chi connectivity index (χ1) is 12.5. The predicted molar refractivity (Wildman–Crippen MR) is 103 cm³/mol. The van der Waals surface area contributed by atoms with Crippen molar-refractivity contribution in [3.05, 3.63) is 41.6 Å². The van der Waals surface area contributed by atoms with E-state index in [1.165, 1.54) is 0 Å². The van der Waals surface area contributed by atoms with E-state index in [-0.39, 0.29) is 5.91 Å². The van der Waals surface area contributed by atoms with E-state index in [2.05, 4.69) is 20.2 Å². The van der Waals surface area contributed by atoms with Crippen molar-refractivity contribution in [3.63, 3.8) is 0 Å². The smallest absolute Gasteiger partial charge is 0.228 e. The number of carbonyl (C=O) groups is 1. The summed E-state index contributed by atoms with van der Waals surface area (Å²) in [6.07, 6.45) is 2.00. The van der Waals surface area contributed by atoms with Gasteiger partial charge in [-0.1, -0.05) is 29.8 Å². The first kappa shape index (κ1) is 18.1. The van der Waals surface area contributed by atoms with E-state index >= 15 is 0 Å². The molecule has 1 fully saturated rings. The Balaban J connectivity index is 1.74. The fourth-order valence-electron chi connectivity index (χ4n) is 2.91. The van der Waals surface area contributed by atoms with Gasteiger partial charge in [-0.05, 0) is 12.5 Å². The van der Waals surface area contributed by atoms with Gasteiger partial charge in [0, 0.05) is 27.2 Å². The molecule has 26 heavy (non-hydrogen) atoms. The van der Waals surface area contributed by atoms with Gasteiger partial charge in [0.1, 0.15) is 5.69 Å². The molecule has 0 radical (unpaired) electrons. The van der Waals surface area contributed by atoms with Crippen molar-refractivity contribution in [1.29, 1.82) is 0 Å². The number of amides is 1. The number of morpholine rings is 1. The zero-order chi connectivity index (χ0) is 18.5. The summed E-state index contributed by atoms with van der Waals surface area (Å²) >= 11 is 0. The highest BCUT2D eigenvalue weighted by atomic mass is 16.5. The summed E-state index contributed by atoms with van der Waals surface area (Å²) in [5, 5.41) is 2.94. The third-order valence-corrected chi connectivity index (χ3v) is 4.19. The van der Waals surface area contributed by atoms with Crippen LogP contribution in [0, 0.1) is 6.92 Å². The molecule has 7 heteroatoms. The van der Waals surface area contributed by atoms with E-state index in [4.69, 9.17) is 4.74 Å². The minimum absolute atomic E-state index is 0.0820. The first-order valence-electron chi connectivity index (χ1n) is 8.75. The largest absolute Gasteiger partial charge is 0.378 e. The molecule has 0 saturated carbocycles. The Morgan fingerprint density at radius 2 is 2.08 bits per heavy atom. The number of hydrogen-bond acceptors (Lipinski definition) is 6. The molecule has 1 aromatic heterocycles. The number of hydrogen-bond donors (Lipinski definition) is 1. The third-order valence-electron chi connectivity index (χ3n) is 4.19. The Bertz CT molecular complexity index is 772. The number of ether oxygens (including phenoxy) is 1. The van der Waals surface area contributed by atoms with Crippen molar-refractivity contribution < 1.29 is 9.53 Å². The van der Waals surface area contributed by atoms with Crippen LogP contribution in [-0.4, -0.2) is 56.3 Å². The van der Waals surface area contributed by atoms with E-state index in [9.17, 15) is 4.79 Å². The summed E-state index contributed by atoms with van der Waals surface area (Å²) in [6, 6.07) is 7.95. The molecule has 0 aliphatic carbocycles. The molecule has 0 spiro atoms. The van der Waals surface area contributed by atoms with Crippen LogP contribution in [0.4, 0.5) is 17.5 Å². The van der Waals surface area contributed by atoms with Crippen molar-refractivity contribution in [2.24, 2.45) is 0 Å². The average Bonchev–Trinajstić information content (AvgIpc) is 2.62. The Morgan fingerprint density at radius 1 is 1.31 bits per heavy atom. The molecule has 1 saturated heterocycles. The molecule has 1 aliphatic heterocycles. The summed E-state index contributed by atoms with van der Waals surface area (Å²) in [5.41, 5.74) is 2.74. The van der Waals surface area contributed by atoms with Crippen LogP contribution >= 0.6 is 0 Å². The molecule has 2 heterocycles. The number of nitrogens with one attached hydrogen (secondary N) is 1. The maximum absolute atomic E-state index is 12.4. The molecule has 1 aliphatic rings. The summed E-state index contributed by atoms with van der Waals surface area (Å²) in [4.78, 5) is 25.5. The van der Waals surface area contributed by atoms with Crippen LogP contribution in [0.25, 0.3) is 0 Å². The molecule has 2 aromatic rings. The fourth-order valence-corrected chi connectivity index (χ4v) is 2.91. The van der Waals surface area contributed by atoms with E-state index in [1.54, 1.807) is 6.20 Å². The second-order valence-electron chi connectivity index (χ2n) is 6.62. The zero-order valence-electron chi connectivity index (χ0n) is 15.5. The molecule has 7 nitrogen and oxygen atoms in total. The number of aromatic nitrogens is 2. The van der Waals surface area contributed by atoms with E-state index in [1.807, 2.05) is 50.2 Å². The number of rotatable bonds is 5. The number of carbonyl (C=O) groups excluding carboxylic acids is 1. The number of benzene rings is 1. The van der Waals surface area contributed by atoms with Crippen molar-refractivity contribution in [2.75, 3.05) is 55.5 Å². The Labute approximate surface area is 154 Å². The number of aryl methyl sites for hydroxylation is 1. The standard InChI is InChI=1S/C19H25N5O2/c1-14-5-4-6-15(11-14)12-17(25)21-16-13-20-19(22-18(16)23(2)3)24-7-9-26-10-8-24/h4-6,11,13H,7-10,12H2,1-3H3,(H,21,25). The summed E-state index contributed by atoms with van der Waals surface area (Å²) in [5.74, 6) is 1.27. The van der Waals surface area contributed by atoms with Crippen LogP contribution in [0.2, 0.25) is 0 Å². The fraction of sp³-hybridized carbons (Fsp3) is 0.421. The molecular formula is C19H25N5O2. The van der Waals surface area contributed by atoms with Gasteiger partial charge in [-0.3, -0.25) is 4.79 Å². The van der Waals surface area contributed by atoms with E-state index < -0.39 is 0 Å². The highest BCUT2D eigenvalue weighted by Gasteiger charge is 2.18. The molecule has 3 rings (SSSR count). The minimum Gasteiger partial charge on any atom is -0.378 e. The number of nitrogens with zero attached hydrogens (tertiary/aromatic N) is 4. The van der Waals surface area contributed by atoms with Crippen LogP contribution in [-0.2, 0) is 16.0 Å². The Morgan fingerprint density at radius 3 is 2.77 bits per heavy atom. The minimum atomic E-state index is -0.0820. The first-order valence-corrected chi connectivity index (χ1v) is 8.75. The monoisotopic (exact) mass is 355 g/mol. The lowest BCUT2D eigenvalue weighted by Gasteiger charge is -2.28. The molecule has 1 aromatic carbocycles. The van der Waals surface area contributed by atoms with Crippen molar-refractivity contribution >= 4 is 23.4 Å². The van der Waals surface area contributed by atoms with Crippen LogP contribution in [0.1, 0.15) is 11.1 Å². The lowest BCUT2D eigenvalue weighted by Crippen LogP contribution is -2.37. The maximum atomic E-state index is 12.4. The SMILES string of the molecule is Cc1cccc(CC(=O)Nc2cnc(N3CCOCC3)nc2N(C)C)c1. The number of anilines is 3. The summed E-state index contributed by atoms with van der Waals surface area (Å²) in [6.45, 7) is 4.91. The Kier molecular flexibility index (Phi) is 5.68. The van der Waals surface area contributed by atoms with Crippen LogP contribution in [0.3, 0.4) is 0 Å². The zero-order valence-corrected chi connectivity index (χ0v) is 15.5. The van der Waals surface area contributed by atoms with E-state index in [0.29, 0.717) is 37.1 Å². The van der Waals surface area contributed by atoms with Gasteiger partial charge >= 0.3 is 0 Å². The Hall–Kier alpha value is -2.67. The molecule has 138 valence electrons. The van der Waals surface area contributed by atoms with Crippen LogP contribution in [0.15, 0.2) is 30.5 Å².